The maximum atomic E-state index is 5.48. The lowest BCUT2D eigenvalue weighted by Gasteiger charge is -2.27. The molecule has 0 atom stereocenters. The van der Waals surface area contributed by atoms with Crippen molar-refractivity contribution in [2.75, 3.05) is 18.6 Å². The number of thioether (sulfide) groups is 1. The van der Waals surface area contributed by atoms with Crippen LogP contribution in [0.2, 0.25) is 0 Å². The first-order valence-corrected chi connectivity index (χ1v) is 7.37. The lowest BCUT2D eigenvalue weighted by Crippen LogP contribution is -2.27. The van der Waals surface area contributed by atoms with Gasteiger partial charge < -0.3 is 15.1 Å². The smallest absolute Gasteiger partial charge is 0.315 e. The van der Waals surface area contributed by atoms with Crippen molar-refractivity contribution in [1.82, 2.24) is 15.5 Å². The van der Waals surface area contributed by atoms with E-state index < -0.39 is 0 Å². The van der Waals surface area contributed by atoms with Crippen molar-refractivity contribution in [2.24, 2.45) is 0 Å². The highest BCUT2D eigenvalue weighted by atomic mass is 32.2. The fourth-order valence-corrected chi connectivity index (χ4v) is 2.90. The van der Waals surface area contributed by atoms with Crippen LogP contribution in [0.1, 0.15) is 31.6 Å². The van der Waals surface area contributed by atoms with E-state index in [2.05, 4.69) is 27.1 Å². The van der Waals surface area contributed by atoms with Gasteiger partial charge in [-0.25, -0.2) is 0 Å². The van der Waals surface area contributed by atoms with Crippen molar-refractivity contribution in [3.63, 3.8) is 0 Å². The zero-order valence-electron chi connectivity index (χ0n) is 10.4. The fraction of sp³-hybridized carbons (Fsp3) is 0.818. The summed E-state index contributed by atoms with van der Waals surface area (Å²) in [6.45, 7) is 0.619. The summed E-state index contributed by atoms with van der Waals surface area (Å²) in [5, 5.41) is 15.1. The Balaban J connectivity index is 1.80. The molecule has 0 aromatic carbocycles. The number of hydrogen-bond donors (Lipinski definition) is 2. The summed E-state index contributed by atoms with van der Waals surface area (Å²) in [5.41, 5.74) is 0. The van der Waals surface area contributed by atoms with Gasteiger partial charge in [0.2, 0.25) is 5.89 Å². The minimum absolute atomic E-state index is 0.487. The molecule has 6 heteroatoms. The van der Waals surface area contributed by atoms with E-state index in [4.69, 9.17) is 4.42 Å². The molecular weight excluding hydrogens is 236 g/mol. The number of aromatic nitrogens is 2. The summed E-state index contributed by atoms with van der Waals surface area (Å²) in [7, 11) is 1.86. The van der Waals surface area contributed by atoms with Gasteiger partial charge in [0, 0.05) is 11.3 Å². The van der Waals surface area contributed by atoms with Gasteiger partial charge in [-0.2, -0.15) is 11.8 Å². The number of nitrogens with one attached hydrogen (secondary N) is 2. The van der Waals surface area contributed by atoms with Crippen LogP contribution in [0.15, 0.2) is 4.42 Å². The molecular formula is C11H20N4OS. The summed E-state index contributed by atoms with van der Waals surface area (Å²) >= 11 is 1.98. The molecule has 1 heterocycles. The van der Waals surface area contributed by atoms with Gasteiger partial charge in [0.1, 0.15) is 0 Å². The van der Waals surface area contributed by atoms with Crippen molar-refractivity contribution < 1.29 is 4.42 Å². The van der Waals surface area contributed by atoms with Crippen molar-refractivity contribution in [3.8, 4) is 0 Å². The van der Waals surface area contributed by atoms with Crippen LogP contribution in [0.4, 0.5) is 6.01 Å². The molecule has 1 aliphatic rings. The van der Waals surface area contributed by atoms with Crippen LogP contribution in [0.3, 0.4) is 0 Å². The topological polar surface area (TPSA) is 63.0 Å². The van der Waals surface area contributed by atoms with Crippen molar-refractivity contribution >= 4 is 17.8 Å². The van der Waals surface area contributed by atoms with E-state index in [1.165, 1.54) is 25.7 Å². The van der Waals surface area contributed by atoms with E-state index >= 15 is 0 Å². The standard InChI is InChI=1S/C11H20N4OS/c1-12-7-10-14-15-11(16-10)13-8-3-5-9(17-2)6-4-8/h8-9,12H,3-7H2,1-2H3,(H,13,15). The fourth-order valence-electron chi connectivity index (χ4n) is 2.15. The number of nitrogens with zero attached hydrogens (tertiary/aromatic N) is 2. The molecule has 0 amide bonds. The molecule has 0 unspecified atom stereocenters. The van der Waals surface area contributed by atoms with E-state index in [-0.39, 0.29) is 0 Å². The maximum Gasteiger partial charge on any atom is 0.315 e. The molecule has 1 fully saturated rings. The van der Waals surface area contributed by atoms with Gasteiger partial charge in [-0.3, -0.25) is 0 Å². The molecule has 1 saturated carbocycles. The highest BCUT2D eigenvalue weighted by Crippen LogP contribution is 2.28. The second-order valence-corrected chi connectivity index (χ2v) is 5.52. The molecule has 96 valence electrons. The Morgan fingerprint density at radius 1 is 1.29 bits per heavy atom. The monoisotopic (exact) mass is 256 g/mol. The van der Waals surface area contributed by atoms with Crippen LogP contribution in [0, 0.1) is 0 Å². The molecule has 5 nitrogen and oxygen atoms in total. The quantitative estimate of drug-likeness (QED) is 0.838. The van der Waals surface area contributed by atoms with Crippen molar-refractivity contribution in [2.45, 2.75) is 43.5 Å². The summed E-state index contributed by atoms with van der Waals surface area (Å²) < 4.78 is 5.48. The Morgan fingerprint density at radius 3 is 2.71 bits per heavy atom. The zero-order valence-corrected chi connectivity index (χ0v) is 11.2. The average Bonchev–Trinajstić information content (AvgIpc) is 2.78. The highest BCUT2D eigenvalue weighted by Gasteiger charge is 2.21. The van der Waals surface area contributed by atoms with Crippen LogP contribution in [-0.4, -0.2) is 34.8 Å². The van der Waals surface area contributed by atoms with Crippen LogP contribution in [0.5, 0.6) is 0 Å². The van der Waals surface area contributed by atoms with E-state index in [0.29, 0.717) is 24.5 Å². The molecule has 0 aliphatic heterocycles. The third kappa shape index (κ3) is 3.61. The molecule has 1 aromatic rings. The predicted molar refractivity (Wildman–Crippen MR) is 70.2 cm³/mol. The van der Waals surface area contributed by atoms with Gasteiger partial charge in [-0.15, -0.1) is 5.10 Å². The first-order valence-electron chi connectivity index (χ1n) is 6.08. The predicted octanol–water partition coefficient (Wildman–Crippen LogP) is 1.88. The van der Waals surface area contributed by atoms with Gasteiger partial charge in [-0.05, 0) is 39.0 Å². The van der Waals surface area contributed by atoms with Gasteiger partial charge in [0.05, 0.1) is 6.54 Å². The lowest BCUT2D eigenvalue weighted by molar-refractivity contribution is 0.444. The Bertz CT molecular complexity index is 336. The van der Waals surface area contributed by atoms with Crippen LogP contribution < -0.4 is 10.6 Å². The Morgan fingerprint density at radius 2 is 2.06 bits per heavy atom. The van der Waals surface area contributed by atoms with Crippen LogP contribution >= 0.6 is 11.8 Å². The molecule has 0 bridgehead atoms. The van der Waals surface area contributed by atoms with E-state index in [9.17, 15) is 0 Å². The van der Waals surface area contributed by atoms with Gasteiger partial charge in [-0.1, -0.05) is 5.10 Å². The largest absolute Gasteiger partial charge is 0.407 e. The molecule has 0 radical (unpaired) electrons. The Labute approximate surface area is 106 Å². The minimum atomic E-state index is 0.487. The molecule has 1 aliphatic carbocycles. The third-order valence-corrected chi connectivity index (χ3v) is 4.27. The summed E-state index contributed by atoms with van der Waals surface area (Å²) in [5.74, 6) is 0.632. The number of rotatable bonds is 5. The molecule has 1 aromatic heterocycles. The minimum Gasteiger partial charge on any atom is -0.407 e. The normalized spacial score (nSPS) is 24.8. The van der Waals surface area contributed by atoms with Crippen LogP contribution in [0.25, 0.3) is 0 Å². The maximum absolute atomic E-state index is 5.48. The SMILES string of the molecule is CNCc1nnc(NC2CCC(SC)CC2)o1. The zero-order chi connectivity index (χ0) is 12.1. The van der Waals surface area contributed by atoms with Gasteiger partial charge >= 0.3 is 6.01 Å². The number of anilines is 1. The van der Waals surface area contributed by atoms with E-state index in [1.54, 1.807) is 0 Å². The van der Waals surface area contributed by atoms with Crippen LogP contribution in [-0.2, 0) is 6.54 Å². The average molecular weight is 256 g/mol. The Kier molecular flexibility index (Phi) is 4.67. The highest BCUT2D eigenvalue weighted by molar-refractivity contribution is 7.99. The molecule has 2 N–H and O–H groups in total. The number of hydrogen-bond acceptors (Lipinski definition) is 6. The second-order valence-electron chi connectivity index (χ2n) is 4.38. The van der Waals surface area contributed by atoms with Gasteiger partial charge in [0.15, 0.2) is 0 Å². The van der Waals surface area contributed by atoms with Crippen molar-refractivity contribution in [1.29, 1.82) is 0 Å². The van der Waals surface area contributed by atoms with Gasteiger partial charge in [0.25, 0.3) is 0 Å². The Hall–Kier alpha value is -0.750. The first-order chi connectivity index (χ1) is 8.31. The van der Waals surface area contributed by atoms with E-state index in [1.807, 2.05) is 18.8 Å². The summed E-state index contributed by atoms with van der Waals surface area (Å²) in [6.07, 6.45) is 7.12. The first kappa shape index (κ1) is 12.7. The second kappa shape index (κ2) is 6.26. The molecule has 2 rings (SSSR count). The molecule has 0 spiro atoms. The molecule has 17 heavy (non-hydrogen) atoms. The summed E-state index contributed by atoms with van der Waals surface area (Å²) in [4.78, 5) is 0. The van der Waals surface area contributed by atoms with E-state index in [0.717, 1.165) is 5.25 Å². The summed E-state index contributed by atoms with van der Waals surface area (Å²) in [6, 6.07) is 1.05. The van der Waals surface area contributed by atoms with Crippen molar-refractivity contribution in [3.05, 3.63) is 5.89 Å². The molecule has 0 saturated heterocycles. The lowest BCUT2D eigenvalue weighted by atomic mass is 9.95. The third-order valence-electron chi connectivity index (χ3n) is 3.13.